The zero-order valence-corrected chi connectivity index (χ0v) is 13.3. The number of amides is 1. The van der Waals surface area contributed by atoms with Crippen LogP contribution in [0.2, 0.25) is 0 Å². The standard InChI is InChI=1S/C18H19N5O/c24-18(8-7-15-2-1-9-19-10-15)21-11-16-3-5-17(6-4-16)12-23-14-20-13-22-23/h1-6,9-10,13-14H,7-8,11-12H2,(H,21,24). The van der Waals surface area contributed by atoms with Crippen molar-refractivity contribution in [3.8, 4) is 0 Å². The molecule has 0 radical (unpaired) electrons. The zero-order chi connectivity index (χ0) is 16.6. The summed E-state index contributed by atoms with van der Waals surface area (Å²) in [7, 11) is 0. The molecule has 3 rings (SSSR count). The molecule has 0 bridgehead atoms. The number of rotatable bonds is 7. The van der Waals surface area contributed by atoms with Crippen molar-refractivity contribution in [1.82, 2.24) is 25.1 Å². The number of benzene rings is 1. The van der Waals surface area contributed by atoms with Crippen LogP contribution in [0.15, 0.2) is 61.4 Å². The Hall–Kier alpha value is -3.02. The van der Waals surface area contributed by atoms with Gasteiger partial charge in [-0.1, -0.05) is 30.3 Å². The maximum Gasteiger partial charge on any atom is 0.220 e. The number of hydrogen-bond acceptors (Lipinski definition) is 4. The zero-order valence-electron chi connectivity index (χ0n) is 13.3. The highest BCUT2D eigenvalue weighted by Gasteiger charge is 2.03. The van der Waals surface area contributed by atoms with Gasteiger partial charge in [0.15, 0.2) is 0 Å². The summed E-state index contributed by atoms with van der Waals surface area (Å²) in [6.07, 6.45) is 7.91. The van der Waals surface area contributed by atoms with Crippen LogP contribution in [0.4, 0.5) is 0 Å². The molecule has 122 valence electrons. The first-order valence-corrected chi connectivity index (χ1v) is 7.85. The van der Waals surface area contributed by atoms with Crippen molar-refractivity contribution in [2.45, 2.75) is 25.9 Å². The predicted octanol–water partition coefficient (Wildman–Crippen LogP) is 1.97. The Morgan fingerprint density at radius 3 is 2.58 bits per heavy atom. The highest BCUT2D eigenvalue weighted by Crippen LogP contribution is 2.06. The first-order valence-electron chi connectivity index (χ1n) is 7.85. The molecule has 0 unspecified atom stereocenters. The van der Waals surface area contributed by atoms with E-state index in [0.717, 1.165) is 16.7 Å². The lowest BCUT2D eigenvalue weighted by molar-refractivity contribution is -0.121. The minimum absolute atomic E-state index is 0.0468. The molecule has 0 atom stereocenters. The third kappa shape index (κ3) is 4.74. The van der Waals surface area contributed by atoms with Crippen LogP contribution < -0.4 is 5.32 Å². The average molecular weight is 321 g/mol. The Kier molecular flexibility index (Phi) is 5.29. The van der Waals surface area contributed by atoms with Crippen molar-refractivity contribution in [3.05, 3.63) is 78.1 Å². The first kappa shape index (κ1) is 15.9. The van der Waals surface area contributed by atoms with Gasteiger partial charge in [-0.25, -0.2) is 9.67 Å². The van der Waals surface area contributed by atoms with E-state index in [-0.39, 0.29) is 5.91 Å². The van der Waals surface area contributed by atoms with Gasteiger partial charge in [0, 0.05) is 25.4 Å². The first-order chi connectivity index (χ1) is 11.8. The lowest BCUT2D eigenvalue weighted by Gasteiger charge is -2.07. The molecule has 24 heavy (non-hydrogen) atoms. The van der Waals surface area contributed by atoms with Crippen LogP contribution in [0.5, 0.6) is 0 Å². The Morgan fingerprint density at radius 2 is 1.88 bits per heavy atom. The van der Waals surface area contributed by atoms with Crippen molar-refractivity contribution in [2.24, 2.45) is 0 Å². The normalized spacial score (nSPS) is 10.5. The van der Waals surface area contributed by atoms with Gasteiger partial charge in [0.2, 0.25) is 5.91 Å². The smallest absolute Gasteiger partial charge is 0.220 e. The van der Waals surface area contributed by atoms with E-state index in [4.69, 9.17) is 0 Å². The van der Waals surface area contributed by atoms with Gasteiger partial charge in [0.1, 0.15) is 12.7 Å². The third-order valence-corrected chi connectivity index (χ3v) is 3.69. The fraction of sp³-hybridized carbons (Fsp3) is 0.222. The number of carbonyl (C=O) groups excluding carboxylic acids is 1. The Balaban J connectivity index is 1.43. The topological polar surface area (TPSA) is 72.7 Å². The fourth-order valence-electron chi connectivity index (χ4n) is 2.36. The van der Waals surface area contributed by atoms with Crippen molar-refractivity contribution in [1.29, 1.82) is 0 Å². The second kappa shape index (κ2) is 8.01. The molecule has 0 saturated carbocycles. The van der Waals surface area contributed by atoms with Crippen molar-refractivity contribution in [2.75, 3.05) is 0 Å². The third-order valence-electron chi connectivity index (χ3n) is 3.69. The van der Waals surface area contributed by atoms with E-state index in [0.29, 0.717) is 25.9 Å². The summed E-state index contributed by atoms with van der Waals surface area (Å²) in [4.78, 5) is 19.9. The molecule has 0 spiro atoms. The molecule has 1 N–H and O–H groups in total. The average Bonchev–Trinajstić information content (AvgIpc) is 3.13. The van der Waals surface area contributed by atoms with E-state index in [9.17, 15) is 4.79 Å². The molecule has 6 nitrogen and oxygen atoms in total. The van der Waals surface area contributed by atoms with E-state index >= 15 is 0 Å². The summed E-state index contributed by atoms with van der Waals surface area (Å²) in [5.41, 5.74) is 3.30. The summed E-state index contributed by atoms with van der Waals surface area (Å²) in [6.45, 7) is 1.23. The second-order valence-corrected chi connectivity index (χ2v) is 5.55. The van der Waals surface area contributed by atoms with Crippen LogP contribution in [0.1, 0.15) is 23.1 Å². The molecule has 0 aliphatic carbocycles. The molecule has 3 aromatic rings. The quantitative estimate of drug-likeness (QED) is 0.722. The predicted molar refractivity (Wildman–Crippen MR) is 90.0 cm³/mol. The molecular formula is C18H19N5O. The molecule has 0 saturated heterocycles. The van der Waals surface area contributed by atoms with E-state index in [1.165, 1.54) is 6.33 Å². The Labute approximate surface area is 140 Å². The molecule has 0 aliphatic heterocycles. The van der Waals surface area contributed by atoms with Gasteiger partial charge >= 0.3 is 0 Å². The Morgan fingerprint density at radius 1 is 1.04 bits per heavy atom. The van der Waals surface area contributed by atoms with Crippen LogP contribution in [0, 0.1) is 0 Å². The van der Waals surface area contributed by atoms with Gasteiger partial charge in [-0.15, -0.1) is 0 Å². The highest BCUT2D eigenvalue weighted by atomic mass is 16.1. The second-order valence-electron chi connectivity index (χ2n) is 5.55. The highest BCUT2D eigenvalue weighted by molar-refractivity contribution is 5.76. The van der Waals surface area contributed by atoms with E-state index in [1.807, 2.05) is 36.4 Å². The molecule has 0 fully saturated rings. The molecular weight excluding hydrogens is 302 g/mol. The van der Waals surface area contributed by atoms with Gasteiger partial charge in [-0.05, 0) is 29.2 Å². The monoisotopic (exact) mass is 321 g/mol. The maximum absolute atomic E-state index is 11.9. The molecule has 0 aliphatic rings. The summed E-state index contributed by atoms with van der Waals surface area (Å²) < 4.78 is 1.77. The van der Waals surface area contributed by atoms with Gasteiger partial charge in [0.25, 0.3) is 0 Å². The van der Waals surface area contributed by atoms with E-state index in [2.05, 4.69) is 20.4 Å². The van der Waals surface area contributed by atoms with Gasteiger partial charge in [-0.3, -0.25) is 9.78 Å². The van der Waals surface area contributed by atoms with Crippen molar-refractivity contribution >= 4 is 5.91 Å². The lowest BCUT2D eigenvalue weighted by Crippen LogP contribution is -2.23. The number of carbonyl (C=O) groups is 1. The molecule has 6 heteroatoms. The number of pyridine rings is 1. The molecule has 1 aromatic carbocycles. The molecule has 2 heterocycles. The van der Waals surface area contributed by atoms with Gasteiger partial charge in [0.05, 0.1) is 6.54 Å². The van der Waals surface area contributed by atoms with Crippen molar-refractivity contribution < 1.29 is 4.79 Å². The lowest BCUT2D eigenvalue weighted by atomic mass is 10.1. The minimum Gasteiger partial charge on any atom is -0.352 e. The van der Waals surface area contributed by atoms with Crippen molar-refractivity contribution in [3.63, 3.8) is 0 Å². The summed E-state index contributed by atoms with van der Waals surface area (Å²) >= 11 is 0. The van der Waals surface area contributed by atoms with Crippen LogP contribution >= 0.6 is 0 Å². The molecule has 2 aromatic heterocycles. The van der Waals surface area contributed by atoms with Gasteiger partial charge in [-0.2, -0.15) is 5.10 Å². The SMILES string of the molecule is O=C(CCc1cccnc1)NCc1ccc(Cn2cncn2)cc1. The van der Waals surface area contributed by atoms with E-state index < -0.39 is 0 Å². The van der Waals surface area contributed by atoms with Crippen LogP contribution in [0.3, 0.4) is 0 Å². The summed E-state index contributed by atoms with van der Waals surface area (Å²) in [5.74, 6) is 0.0468. The fourth-order valence-corrected chi connectivity index (χ4v) is 2.36. The number of aromatic nitrogens is 4. The number of hydrogen-bond donors (Lipinski definition) is 1. The largest absolute Gasteiger partial charge is 0.352 e. The van der Waals surface area contributed by atoms with E-state index in [1.54, 1.807) is 23.4 Å². The Bertz CT molecular complexity index is 754. The minimum atomic E-state index is 0.0468. The number of nitrogens with one attached hydrogen (secondary N) is 1. The van der Waals surface area contributed by atoms with Crippen LogP contribution in [0.25, 0.3) is 0 Å². The summed E-state index contributed by atoms with van der Waals surface area (Å²) in [5, 5.41) is 7.03. The van der Waals surface area contributed by atoms with Crippen LogP contribution in [-0.4, -0.2) is 25.7 Å². The van der Waals surface area contributed by atoms with Gasteiger partial charge < -0.3 is 5.32 Å². The summed E-state index contributed by atoms with van der Waals surface area (Å²) in [6, 6.07) is 12.0. The number of nitrogens with zero attached hydrogens (tertiary/aromatic N) is 4. The maximum atomic E-state index is 11.9. The number of aryl methyl sites for hydroxylation is 1. The molecule has 1 amide bonds. The van der Waals surface area contributed by atoms with Crippen LogP contribution in [-0.2, 0) is 24.3 Å².